The summed E-state index contributed by atoms with van der Waals surface area (Å²) in [6, 6.07) is 0. The number of hydrogen-bond acceptors (Lipinski definition) is 6. The molecule has 0 radical (unpaired) electrons. The zero-order valence-electron chi connectivity index (χ0n) is 5.46. The Morgan fingerprint density at radius 3 is 0.692 bits per heavy atom. The van der Waals surface area contributed by atoms with Gasteiger partial charge in [0, 0.05) is 0 Å². The molecule has 13 heteroatoms. The van der Waals surface area contributed by atoms with Gasteiger partial charge in [-0.15, -0.1) is 0 Å². The van der Waals surface area contributed by atoms with E-state index in [0.29, 0.717) is 0 Å². The Hall–Kier alpha value is 0.0283. The molecule has 0 aromatic carbocycles. The Labute approximate surface area is 81.3 Å². The molecule has 0 unspecified atom stereocenters. The van der Waals surface area contributed by atoms with Gasteiger partial charge in [0.05, 0.1) is 0 Å². The van der Waals surface area contributed by atoms with Crippen LogP contribution < -0.4 is 0 Å². The zero-order chi connectivity index (χ0) is 11.7. The van der Waals surface area contributed by atoms with Gasteiger partial charge in [-0.25, -0.2) is 0 Å². The van der Waals surface area contributed by atoms with Crippen LogP contribution in [0.2, 0.25) is 0 Å². The molecule has 0 atom stereocenters. The third-order valence-electron chi connectivity index (χ3n) is 0. The first-order valence-electron chi connectivity index (χ1n) is 1.73. The first kappa shape index (κ1) is 18.7. The van der Waals surface area contributed by atoms with E-state index in [1.54, 1.807) is 0 Å². The molecule has 0 amide bonds. The molecular weight excluding hydrogens is 408 g/mol. The summed E-state index contributed by atoms with van der Waals surface area (Å²) in [5.41, 5.74) is 0. The third kappa shape index (κ3) is 1510000. The van der Waals surface area contributed by atoms with E-state index in [2.05, 4.69) is 0 Å². The monoisotopic (exact) mass is 412 g/mol. The van der Waals surface area contributed by atoms with Crippen molar-refractivity contribution in [2.24, 2.45) is 0 Å². The van der Waals surface area contributed by atoms with E-state index in [1.165, 1.54) is 0 Å². The standard InChI is InChI=1S/2H2O4S.2O.W/c2*1-5(2,3)4;;;/h2*(H2,1,2,3,4);;;. The van der Waals surface area contributed by atoms with Crippen molar-refractivity contribution in [2.45, 2.75) is 0 Å². The molecule has 0 aliphatic heterocycles. The van der Waals surface area contributed by atoms with Gasteiger partial charge in [0.1, 0.15) is 0 Å². The maximum atomic E-state index is 8.74. The summed E-state index contributed by atoms with van der Waals surface area (Å²) in [5, 5.41) is 0. The summed E-state index contributed by atoms with van der Waals surface area (Å²) in [6.45, 7) is 0. The molecule has 0 bridgehead atoms. The Morgan fingerprint density at radius 1 is 0.692 bits per heavy atom. The Morgan fingerprint density at radius 2 is 0.692 bits per heavy atom. The van der Waals surface area contributed by atoms with Gasteiger partial charge in [0.25, 0.3) is 0 Å². The van der Waals surface area contributed by atoms with Crippen molar-refractivity contribution in [1.29, 1.82) is 0 Å². The van der Waals surface area contributed by atoms with E-state index >= 15 is 0 Å². The molecule has 0 fully saturated rings. The van der Waals surface area contributed by atoms with Gasteiger partial charge < -0.3 is 0 Å². The van der Waals surface area contributed by atoms with Crippen LogP contribution in [-0.4, -0.2) is 35.0 Å². The minimum atomic E-state index is -4.67. The van der Waals surface area contributed by atoms with Gasteiger partial charge in [-0.1, -0.05) is 0 Å². The Bertz CT molecular complexity index is 277. The van der Waals surface area contributed by atoms with E-state index in [-0.39, 0.29) is 0 Å². The molecule has 0 saturated heterocycles. The summed E-state index contributed by atoms with van der Waals surface area (Å²) in [7, 11) is -9.33. The van der Waals surface area contributed by atoms with E-state index in [4.69, 9.17) is 41.8 Å². The van der Waals surface area contributed by atoms with Crippen LogP contribution in [-0.2, 0) is 46.1 Å². The van der Waals surface area contributed by atoms with Crippen LogP contribution in [0.5, 0.6) is 0 Å². The molecule has 82 valence electrons. The molecule has 0 aliphatic carbocycles. The second-order valence-electron chi connectivity index (χ2n) is 0.964. The molecular formula is H4O10S2W. The molecule has 4 N–H and O–H groups in total. The van der Waals surface area contributed by atoms with E-state index in [0.717, 1.165) is 0 Å². The first-order chi connectivity index (χ1) is 5.41. The molecule has 13 heavy (non-hydrogen) atoms. The maximum absolute atomic E-state index is 8.74. The van der Waals surface area contributed by atoms with Crippen LogP contribution in [0.4, 0.5) is 0 Å². The van der Waals surface area contributed by atoms with E-state index in [1.807, 2.05) is 0 Å². The predicted molar refractivity (Wildman–Crippen MR) is 29.7 cm³/mol. The van der Waals surface area contributed by atoms with Crippen molar-refractivity contribution in [1.82, 2.24) is 0 Å². The summed E-state index contributed by atoms with van der Waals surface area (Å²) >= 11 is -2.25. The second-order valence-corrected chi connectivity index (χ2v) is 3.24. The Kier molecular flexibility index (Phi) is 12.4. The molecule has 0 spiro atoms. The number of hydrogen-bond donors (Lipinski definition) is 4. The molecule has 0 heterocycles. The molecule has 10 nitrogen and oxygen atoms in total. The van der Waals surface area contributed by atoms with E-state index in [9.17, 15) is 0 Å². The van der Waals surface area contributed by atoms with Gasteiger partial charge in [0.15, 0.2) is 0 Å². The van der Waals surface area contributed by atoms with Crippen molar-refractivity contribution < 1.29 is 60.3 Å². The van der Waals surface area contributed by atoms with E-state index < -0.39 is 39.3 Å². The number of rotatable bonds is 0. The molecule has 0 aliphatic rings. The molecule has 0 saturated carbocycles. The van der Waals surface area contributed by atoms with Gasteiger partial charge in [0.2, 0.25) is 0 Å². The molecule has 0 rings (SSSR count). The minimum absolute atomic E-state index is 2.25. The van der Waals surface area contributed by atoms with Crippen LogP contribution in [0.1, 0.15) is 0 Å². The Balaban J connectivity index is -0.000000120. The summed E-state index contributed by atoms with van der Waals surface area (Å²) in [4.78, 5) is 0. The van der Waals surface area contributed by atoms with Crippen LogP contribution in [0, 0.1) is 0 Å². The fourth-order valence-corrected chi connectivity index (χ4v) is 0. The zero-order valence-corrected chi connectivity index (χ0v) is 10.0. The van der Waals surface area contributed by atoms with Gasteiger partial charge in [-0.05, 0) is 0 Å². The summed E-state index contributed by atoms with van der Waals surface area (Å²) in [6.07, 6.45) is 0. The third-order valence-corrected chi connectivity index (χ3v) is 0. The average molecular weight is 412 g/mol. The summed E-state index contributed by atoms with van der Waals surface area (Å²) in [5.74, 6) is 0. The topological polar surface area (TPSA) is 183 Å². The average Bonchev–Trinajstić information content (AvgIpc) is 1.52. The van der Waals surface area contributed by atoms with Crippen molar-refractivity contribution in [3.63, 3.8) is 0 Å². The van der Waals surface area contributed by atoms with Crippen LogP contribution >= 0.6 is 0 Å². The fourth-order valence-electron chi connectivity index (χ4n) is 0. The van der Waals surface area contributed by atoms with Crippen LogP contribution in [0.3, 0.4) is 0 Å². The van der Waals surface area contributed by atoms with Crippen molar-refractivity contribution in [3.05, 3.63) is 0 Å². The van der Waals surface area contributed by atoms with Crippen LogP contribution in [0.25, 0.3) is 0 Å². The quantitative estimate of drug-likeness (QED) is 0.340. The predicted octanol–water partition coefficient (Wildman–Crippen LogP) is -1.55. The van der Waals surface area contributed by atoms with Gasteiger partial charge in [-0.3, -0.25) is 18.2 Å². The molecule has 0 aromatic heterocycles. The summed E-state index contributed by atoms with van der Waals surface area (Å²) < 4.78 is 80.3. The normalized spacial score (nSPS) is 9.85. The fraction of sp³-hybridized carbons (Fsp3) is 0. The molecule has 0 aromatic rings. The van der Waals surface area contributed by atoms with Crippen molar-refractivity contribution in [3.8, 4) is 0 Å². The van der Waals surface area contributed by atoms with Crippen molar-refractivity contribution in [2.75, 3.05) is 0 Å². The van der Waals surface area contributed by atoms with Crippen molar-refractivity contribution >= 4 is 20.8 Å². The van der Waals surface area contributed by atoms with Gasteiger partial charge >= 0.3 is 46.1 Å². The SMILES string of the molecule is O=S(=O)(O)O.O=S(=O)(O)O.[O]=[W]=[O]. The second kappa shape index (κ2) is 8.62. The van der Waals surface area contributed by atoms with Gasteiger partial charge in [-0.2, -0.15) is 16.8 Å². The first-order valence-corrected chi connectivity index (χ1v) is 6.92. The van der Waals surface area contributed by atoms with Crippen LogP contribution in [0.15, 0.2) is 0 Å².